The van der Waals surface area contributed by atoms with Crippen LogP contribution in [0.2, 0.25) is 15.1 Å². The molecule has 3 N–H and O–H groups in total. The number of anilines is 2. The van der Waals surface area contributed by atoms with Gasteiger partial charge < -0.3 is 10.2 Å². The third-order valence-electron chi connectivity index (χ3n) is 6.71. The van der Waals surface area contributed by atoms with Gasteiger partial charge in [0.25, 0.3) is 0 Å². The maximum Gasteiger partial charge on any atom is 0.347 e. The highest BCUT2D eigenvalue weighted by Gasteiger charge is 2.55. The molecule has 10 nitrogen and oxygen atoms in total. The van der Waals surface area contributed by atoms with Crippen LogP contribution in [0.1, 0.15) is 32.3 Å². The normalized spacial score (nSPS) is 16.1. The van der Waals surface area contributed by atoms with Crippen LogP contribution >= 0.6 is 34.8 Å². The maximum atomic E-state index is 13.8. The molecular weight excluding hydrogens is 603 g/mol. The zero-order valence-electron chi connectivity index (χ0n) is 22.8. The molecule has 0 radical (unpaired) electrons. The van der Waals surface area contributed by atoms with E-state index in [2.05, 4.69) is 15.8 Å². The van der Waals surface area contributed by atoms with Crippen molar-refractivity contribution in [2.24, 2.45) is 5.10 Å². The second-order valence-electron chi connectivity index (χ2n) is 10.0. The highest BCUT2D eigenvalue weighted by Crippen LogP contribution is 2.38. The lowest BCUT2D eigenvalue weighted by Gasteiger charge is -2.38. The first-order chi connectivity index (χ1) is 20.0. The van der Waals surface area contributed by atoms with Crippen molar-refractivity contribution in [3.8, 4) is 0 Å². The molecule has 220 valence electrons. The van der Waals surface area contributed by atoms with Crippen molar-refractivity contribution in [2.75, 3.05) is 16.8 Å². The van der Waals surface area contributed by atoms with Crippen LogP contribution in [0.5, 0.6) is 0 Å². The number of carbonyl (C=O) groups is 3. The van der Waals surface area contributed by atoms with Crippen LogP contribution in [0.25, 0.3) is 0 Å². The average molecular weight is 632 g/mol. The van der Waals surface area contributed by atoms with Crippen LogP contribution in [0.15, 0.2) is 77.9 Å². The summed E-state index contributed by atoms with van der Waals surface area (Å²) < 4.78 is 0. The van der Waals surface area contributed by atoms with E-state index in [0.717, 1.165) is 5.56 Å². The van der Waals surface area contributed by atoms with Crippen molar-refractivity contribution in [1.29, 1.82) is 0 Å². The fraction of sp³-hybridized carbons (Fsp3) is 0.241. The van der Waals surface area contributed by atoms with Crippen molar-refractivity contribution < 1.29 is 19.6 Å². The molecule has 1 atom stereocenters. The Kier molecular flexibility index (Phi) is 9.95. The molecule has 0 aliphatic carbocycles. The van der Waals surface area contributed by atoms with Gasteiger partial charge in [-0.15, -0.1) is 0 Å². The lowest BCUT2D eigenvalue weighted by Crippen LogP contribution is -2.58. The quantitative estimate of drug-likeness (QED) is 0.136. The largest absolute Gasteiger partial charge is 0.347 e. The van der Waals surface area contributed by atoms with Gasteiger partial charge in [0.2, 0.25) is 5.91 Å². The van der Waals surface area contributed by atoms with Gasteiger partial charge in [-0.05, 0) is 86.5 Å². The summed E-state index contributed by atoms with van der Waals surface area (Å²) in [7, 11) is 0. The van der Waals surface area contributed by atoms with Gasteiger partial charge in [-0.25, -0.2) is 15.0 Å². The number of hydroxylamine groups is 2. The number of hydrogen-bond acceptors (Lipinski definition) is 5. The molecule has 0 saturated carbocycles. The highest BCUT2D eigenvalue weighted by molar-refractivity contribution is 6.31. The number of urea groups is 2. The van der Waals surface area contributed by atoms with E-state index in [9.17, 15) is 19.6 Å². The molecule has 0 spiro atoms. The fourth-order valence-electron chi connectivity index (χ4n) is 4.59. The van der Waals surface area contributed by atoms with Gasteiger partial charge in [0.15, 0.2) is 6.17 Å². The second-order valence-corrected chi connectivity index (χ2v) is 11.3. The van der Waals surface area contributed by atoms with Gasteiger partial charge >= 0.3 is 12.1 Å². The predicted molar refractivity (Wildman–Crippen MR) is 164 cm³/mol. The van der Waals surface area contributed by atoms with E-state index < -0.39 is 23.8 Å². The van der Waals surface area contributed by atoms with E-state index in [0.29, 0.717) is 37.9 Å². The number of benzene rings is 3. The van der Waals surface area contributed by atoms with Crippen molar-refractivity contribution in [3.05, 3.63) is 93.4 Å². The summed E-state index contributed by atoms with van der Waals surface area (Å²) in [6.45, 7) is 3.65. The zero-order valence-corrected chi connectivity index (χ0v) is 25.1. The number of hydrogen-bond donors (Lipinski definition) is 3. The van der Waals surface area contributed by atoms with Crippen molar-refractivity contribution >= 4 is 70.4 Å². The molecular formula is C29H29Cl3N6O4. The van der Waals surface area contributed by atoms with Crippen LogP contribution in [0, 0.1) is 0 Å². The summed E-state index contributed by atoms with van der Waals surface area (Å²) in [6.07, 6.45) is 0.766. The van der Waals surface area contributed by atoms with Gasteiger partial charge in [0.05, 0.1) is 11.8 Å². The maximum absolute atomic E-state index is 13.8. The minimum absolute atomic E-state index is 0.0866. The van der Waals surface area contributed by atoms with Crippen molar-refractivity contribution in [1.82, 2.24) is 15.4 Å². The molecule has 0 aromatic heterocycles. The minimum Gasteiger partial charge on any atom is -0.315 e. The SMILES string of the molecule is CC1(C)[C@H](N(O)C(=O)Nc2ccc(Cl)cc2)N(c2ccc(Cl)cc2)C(=O)N1CCCC(=O)N/N=C\c1ccc(Cl)cc1. The Balaban J connectivity index is 1.47. The summed E-state index contributed by atoms with van der Waals surface area (Å²) in [6, 6.07) is 18.5. The number of halogens is 3. The molecule has 42 heavy (non-hydrogen) atoms. The molecule has 1 heterocycles. The Morgan fingerprint density at radius 2 is 1.50 bits per heavy atom. The third kappa shape index (κ3) is 7.32. The van der Waals surface area contributed by atoms with Crippen LogP contribution in [-0.2, 0) is 4.79 Å². The molecule has 13 heteroatoms. The molecule has 1 saturated heterocycles. The Morgan fingerprint density at radius 1 is 0.952 bits per heavy atom. The van der Waals surface area contributed by atoms with Gasteiger partial charge in [-0.1, -0.05) is 46.9 Å². The molecule has 4 rings (SSSR count). The fourth-order valence-corrected chi connectivity index (χ4v) is 4.97. The molecule has 1 aliphatic rings. The number of nitrogens with zero attached hydrogens (tertiary/aromatic N) is 4. The smallest absolute Gasteiger partial charge is 0.315 e. The zero-order chi connectivity index (χ0) is 30.4. The summed E-state index contributed by atoms with van der Waals surface area (Å²) in [5.74, 6) is -0.332. The van der Waals surface area contributed by atoms with Gasteiger partial charge in [-0.2, -0.15) is 10.2 Å². The van der Waals surface area contributed by atoms with Crippen LogP contribution in [0.3, 0.4) is 0 Å². The molecule has 1 aliphatic heterocycles. The number of hydrazone groups is 1. The average Bonchev–Trinajstić information content (AvgIpc) is 3.15. The summed E-state index contributed by atoms with van der Waals surface area (Å²) in [5, 5.41) is 19.8. The van der Waals surface area contributed by atoms with Crippen LogP contribution < -0.4 is 15.6 Å². The first-order valence-electron chi connectivity index (χ1n) is 13.0. The number of amides is 5. The lowest BCUT2D eigenvalue weighted by atomic mass is 9.99. The van der Waals surface area contributed by atoms with Gasteiger partial charge in [0.1, 0.15) is 0 Å². The molecule has 0 bridgehead atoms. The monoisotopic (exact) mass is 630 g/mol. The van der Waals surface area contributed by atoms with E-state index in [1.54, 1.807) is 86.6 Å². The lowest BCUT2D eigenvalue weighted by molar-refractivity contribution is -0.121. The third-order valence-corrected chi connectivity index (χ3v) is 7.46. The summed E-state index contributed by atoms with van der Waals surface area (Å²) in [4.78, 5) is 42.1. The molecule has 0 unspecified atom stereocenters. The topological polar surface area (TPSA) is 118 Å². The van der Waals surface area contributed by atoms with Crippen LogP contribution in [0.4, 0.5) is 21.0 Å². The molecule has 3 aromatic carbocycles. The highest BCUT2D eigenvalue weighted by atomic mass is 35.5. The predicted octanol–water partition coefficient (Wildman–Crippen LogP) is 6.85. The van der Waals surface area contributed by atoms with Crippen molar-refractivity contribution in [3.63, 3.8) is 0 Å². The van der Waals surface area contributed by atoms with E-state index in [4.69, 9.17) is 34.8 Å². The van der Waals surface area contributed by atoms with E-state index >= 15 is 0 Å². The second kappa shape index (κ2) is 13.4. The summed E-state index contributed by atoms with van der Waals surface area (Å²) in [5.41, 5.74) is 3.00. The first-order valence-corrected chi connectivity index (χ1v) is 14.1. The Hall–Kier alpha value is -3.83. The van der Waals surface area contributed by atoms with Gasteiger partial charge in [-0.3, -0.25) is 14.9 Å². The van der Waals surface area contributed by atoms with Crippen LogP contribution in [-0.4, -0.2) is 57.6 Å². The van der Waals surface area contributed by atoms with E-state index in [1.165, 1.54) is 16.0 Å². The first kappa shape index (κ1) is 31.1. The van der Waals surface area contributed by atoms with Gasteiger partial charge in [0, 0.05) is 39.4 Å². The Morgan fingerprint density at radius 3 is 2.10 bits per heavy atom. The van der Waals surface area contributed by atoms with E-state index in [1.807, 2.05) is 0 Å². The Bertz CT molecular complexity index is 1450. The Labute approximate surface area is 258 Å². The van der Waals surface area contributed by atoms with E-state index in [-0.39, 0.29) is 18.9 Å². The van der Waals surface area contributed by atoms with Crippen molar-refractivity contribution in [2.45, 2.75) is 38.4 Å². The minimum atomic E-state index is -1.13. The summed E-state index contributed by atoms with van der Waals surface area (Å²) >= 11 is 17.9. The molecule has 3 aromatic rings. The standard InChI is InChI=1S/C29H29Cl3N6O4/c1-29(2)26(38(42)27(40)34-23-13-9-21(31)10-14-23)37(24-15-11-22(32)12-16-24)28(41)36(29)17-3-4-25(39)35-33-18-19-5-7-20(30)8-6-19/h5-16,18,26,42H,3-4,17H2,1-2H3,(H,34,40)(H,35,39)/b33-18-/t26-/m0/s1. The number of carbonyl (C=O) groups excluding carboxylic acids is 3. The number of nitrogens with one attached hydrogen (secondary N) is 2. The molecule has 1 fully saturated rings. The molecule has 5 amide bonds. The number of rotatable bonds is 9.